The maximum Gasteiger partial charge on any atom is 0.261 e. The molecule has 7 heteroatoms. The Balaban J connectivity index is 1.81. The first kappa shape index (κ1) is 20.2. The van der Waals surface area contributed by atoms with E-state index in [1.54, 1.807) is 14.0 Å². The number of rotatable bonds is 9. The third-order valence-corrected chi connectivity index (χ3v) is 4.13. The van der Waals surface area contributed by atoms with E-state index in [2.05, 4.69) is 21.2 Å². The summed E-state index contributed by atoms with van der Waals surface area (Å²) in [6, 6.07) is 11.5. The van der Waals surface area contributed by atoms with Gasteiger partial charge in [-0.1, -0.05) is 12.1 Å². The monoisotopic (exact) mass is 425 g/mol. The van der Waals surface area contributed by atoms with E-state index >= 15 is 0 Å². The van der Waals surface area contributed by atoms with Gasteiger partial charge in [-0.15, -0.1) is 0 Å². The summed E-state index contributed by atoms with van der Waals surface area (Å²) in [7, 11) is 1.62. The summed E-state index contributed by atoms with van der Waals surface area (Å²) in [5.41, 5.74) is 0.938. The zero-order valence-corrected chi connectivity index (χ0v) is 16.2. The normalized spacial score (nSPS) is 11.7. The summed E-state index contributed by atoms with van der Waals surface area (Å²) in [6.07, 6.45) is -0.714. The molecule has 0 aromatic heterocycles. The van der Waals surface area contributed by atoms with Crippen LogP contribution in [-0.2, 0) is 16.1 Å². The molecule has 2 aromatic rings. The summed E-state index contributed by atoms with van der Waals surface area (Å²) in [5, 5.41) is 2.81. The van der Waals surface area contributed by atoms with Crippen molar-refractivity contribution >= 4 is 21.8 Å². The second kappa shape index (κ2) is 10.1. The van der Waals surface area contributed by atoms with Gasteiger partial charge in [0.25, 0.3) is 5.91 Å². The van der Waals surface area contributed by atoms with Gasteiger partial charge >= 0.3 is 0 Å². The second-order valence-corrected chi connectivity index (χ2v) is 6.39. The number of methoxy groups -OCH3 is 1. The molecule has 0 bridgehead atoms. The van der Waals surface area contributed by atoms with E-state index in [4.69, 9.17) is 14.2 Å². The van der Waals surface area contributed by atoms with Gasteiger partial charge in [-0.25, -0.2) is 4.39 Å². The molecule has 0 radical (unpaired) electrons. The fourth-order valence-corrected chi connectivity index (χ4v) is 2.54. The van der Waals surface area contributed by atoms with E-state index in [-0.39, 0.29) is 11.7 Å². The minimum absolute atomic E-state index is 0.262. The Kier molecular flexibility index (Phi) is 7.87. The Morgan fingerprint density at radius 3 is 2.58 bits per heavy atom. The molecule has 1 amide bonds. The van der Waals surface area contributed by atoms with Gasteiger partial charge in [0.15, 0.2) is 6.10 Å². The number of hydrogen-bond acceptors (Lipinski definition) is 4. The minimum atomic E-state index is -0.714. The van der Waals surface area contributed by atoms with Crippen LogP contribution in [0.3, 0.4) is 0 Å². The number of ether oxygens (including phenoxy) is 3. The van der Waals surface area contributed by atoms with Gasteiger partial charge < -0.3 is 19.5 Å². The lowest BCUT2D eigenvalue weighted by Crippen LogP contribution is -2.35. The van der Waals surface area contributed by atoms with E-state index in [1.807, 2.05) is 24.3 Å². The van der Waals surface area contributed by atoms with Crippen molar-refractivity contribution in [3.8, 4) is 11.5 Å². The standard InChI is InChI=1S/C19H21BrFNO4/c1-13(26-18-8-5-15(21)11-17(18)20)19(23)22-12-14-3-6-16(7-4-14)25-10-9-24-2/h3-8,11,13H,9-10,12H2,1-2H3,(H,22,23). The van der Waals surface area contributed by atoms with E-state index in [0.29, 0.717) is 30.0 Å². The third kappa shape index (κ3) is 6.31. The molecule has 0 saturated heterocycles. The van der Waals surface area contributed by atoms with E-state index < -0.39 is 6.10 Å². The molecule has 0 fully saturated rings. The van der Waals surface area contributed by atoms with Gasteiger partial charge in [0.2, 0.25) is 0 Å². The molecule has 0 aliphatic rings. The summed E-state index contributed by atoms with van der Waals surface area (Å²) >= 11 is 3.21. The third-order valence-electron chi connectivity index (χ3n) is 3.51. The topological polar surface area (TPSA) is 56.8 Å². The molecule has 26 heavy (non-hydrogen) atoms. The lowest BCUT2D eigenvalue weighted by Gasteiger charge is -2.16. The summed E-state index contributed by atoms with van der Waals surface area (Å²) in [6.45, 7) is 3.02. The Bertz CT molecular complexity index is 724. The predicted octanol–water partition coefficient (Wildman–Crippen LogP) is 3.70. The maximum atomic E-state index is 13.1. The second-order valence-electron chi connectivity index (χ2n) is 5.54. The number of amides is 1. The van der Waals surface area contributed by atoms with Crippen molar-refractivity contribution in [3.05, 3.63) is 58.3 Å². The molecular weight excluding hydrogens is 405 g/mol. The van der Waals surface area contributed by atoms with Crippen LogP contribution in [0.2, 0.25) is 0 Å². The zero-order chi connectivity index (χ0) is 18.9. The lowest BCUT2D eigenvalue weighted by molar-refractivity contribution is -0.127. The van der Waals surface area contributed by atoms with Gasteiger partial charge in [-0.05, 0) is 58.7 Å². The summed E-state index contributed by atoms with van der Waals surface area (Å²) in [5.74, 6) is 0.513. The molecule has 1 N–H and O–H groups in total. The Hall–Kier alpha value is -2.12. The molecule has 2 aromatic carbocycles. The molecule has 0 spiro atoms. The highest BCUT2D eigenvalue weighted by Gasteiger charge is 2.16. The van der Waals surface area contributed by atoms with Crippen molar-refractivity contribution in [1.29, 1.82) is 0 Å². The van der Waals surface area contributed by atoms with Gasteiger partial charge in [0, 0.05) is 13.7 Å². The van der Waals surface area contributed by atoms with Gasteiger partial charge in [0.1, 0.15) is 23.9 Å². The van der Waals surface area contributed by atoms with Crippen LogP contribution in [0.5, 0.6) is 11.5 Å². The maximum absolute atomic E-state index is 13.1. The average molecular weight is 426 g/mol. The quantitative estimate of drug-likeness (QED) is 0.622. The smallest absolute Gasteiger partial charge is 0.261 e. The largest absolute Gasteiger partial charge is 0.491 e. The van der Waals surface area contributed by atoms with Gasteiger partial charge in [-0.3, -0.25) is 4.79 Å². The molecule has 0 heterocycles. The van der Waals surface area contributed by atoms with Crippen LogP contribution in [0.25, 0.3) is 0 Å². The highest BCUT2D eigenvalue weighted by atomic mass is 79.9. The number of carbonyl (C=O) groups is 1. The van der Waals surface area contributed by atoms with Crippen molar-refractivity contribution < 1.29 is 23.4 Å². The summed E-state index contributed by atoms with van der Waals surface area (Å²) in [4.78, 5) is 12.2. The lowest BCUT2D eigenvalue weighted by atomic mass is 10.2. The van der Waals surface area contributed by atoms with Crippen molar-refractivity contribution in [1.82, 2.24) is 5.32 Å². The van der Waals surface area contributed by atoms with Crippen LogP contribution >= 0.6 is 15.9 Å². The van der Waals surface area contributed by atoms with Crippen LogP contribution in [0, 0.1) is 5.82 Å². The number of carbonyl (C=O) groups excluding carboxylic acids is 1. The van der Waals surface area contributed by atoms with E-state index in [9.17, 15) is 9.18 Å². The molecule has 1 atom stereocenters. The first-order chi connectivity index (χ1) is 12.5. The van der Waals surface area contributed by atoms with Crippen molar-refractivity contribution in [2.24, 2.45) is 0 Å². The van der Waals surface area contributed by atoms with Gasteiger partial charge in [-0.2, -0.15) is 0 Å². The van der Waals surface area contributed by atoms with Crippen LogP contribution in [-0.4, -0.2) is 32.3 Å². The first-order valence-corrected chi connectivity index (χ1v) is 8.89. The van der Waals surface area contributed by atoms with Gasteiger partial charge in [0.05, 0.1) is 11.1 Å². The average Bonchev–Trinajstić information content (AvgIpc) is 2.63. The van der Waals surface area contributed by atoms with Crippen molar-refractivity contribution in [2.45, 2.75) is 19.6 Å². The molecule has 0 aliphatic carbocycles. The van der Waals surface area contributed by atoms with E-state index in [0.717, 1.165) is 11.3 Å². The minimum Gasteiger partial charge on any atom is -0.491 e. The molecular formula is C19H21BrFNO4. The molecule has 140 valence electrons. The Labute approximate surface area is 160 Å². The number of nitrogens with one attached hydrogen (secondary N) is 1. The fraction of sp³-hybridized carbons (Fsp3) is 0.316. The molecule has 0 aliphatic heterocycles. The Morgan fingerprint density at radius 2 is 1.92 bits per heavy atom. The fourth-order valence-electron chi connectivity index (χ4n) is 2.09. The zero-order valence-electron chi connectivity index (χ0n) is 14.6. The highest BCUT2D eigenvalue weighted by molar-refractivity contribution is 9.10. The van der Waals surface area contributed by atoms with Crippen LogP contribution in [0.15, 0.2) is 46.9 Å². The first-order valence-electron chi connectivity index (χ1n) is 8.09. The van der Waals surface area contributed by atoms with Crippen molar-refractivity contribution in [2.75, 3.05) is 20.3 Å². The highest BCUT2D eigenvalue weighted by Crippen LogP contribution is 2.26. The number of benzene rings is 2. The molecule has 1 unspecified atom stereocenters. The molecule has 0 saturated carbocycles. The van der Waals surface area contributed by atoms with Crippen LogP contribution in [0.1, 0.15) is 12.5 Å². The predicted molar refractivity (Wildman–Crippen MR) is 99.8 cm³/mol. The van der Waals surface area contributed by atoms with Crippen LogP contribution in [0.4, 0.5) is 4.39 Å². The summed E-state index contributed by atoms with van der Waals surface area (Å²) < 4.78 is 29.5. The number of halogens is 2. The Morgan fingerprint density at radius 1 is 1.19 bits per heavy atom. The molecule has 5 nitrogen and oxygen atoms in total. The SMILES string of the molecule is COCCOc1ccc(CNC(=O)C(C)Oc2ccc(F)cc2Br)cc1. The molecule has 2 rings (SSSR count). The van der Waals surface area contributed by atoms with Crippen molar-refractivity contribution in [3.63, 3.8) is 0 Å². The van der Waals surface area contributed by atoms with E-state index in [1.165, 1.54) is 18.2 Å². The number of hydrogen-bond donors (Lipinski definition) is 1. The van der Waals surface area contributed by atoms with Crippen LogP contribution < -0.4 is 14.8 Å².